The van der Waals surface area contributed by atoms with Gasteiger partial charge in [0.1, 0.15) is 0 Å². The summed E-state index contributed by atoms with van der Waals surface area (Å²) in [6.45, 7) is 1.19. The first-order valence-corrected chi connectivity index (χ1v) is 6.28. The second-order valence-electron chi connectivity index (χ2n) is 2.36. The molecular formula is C4H9O5S2-. The SMILES string of the molecule is CC(CS(=O)(=O)[O-])S(C)(=O)=O. The third-order valence-electron chi connectivity index (χ3n) is 1.17. The van der Waals surface area contributed by atoms with Gasteiger partial charge >= 0.3 is 0 Å². The van der Waals surface area contributed by atoms with Crippen molar-refractivity contribution in [3.8, 4) is 0 Å². The van der Waals surface area contributed by atoms with E-state index in [9.17, 15) is 21.4 Å². The topological polar surface area (TPSA) is 91.3 Å². The van der Waals surface area contributed by atoms with E-state index >= 15 is 0 Å². The summed E-state index contributed by atoms with van der Waals surface area (Å²) < 4.78 is 51.4. The van der Waals surface area contributed by atoms with E-state index in [4.69, 9.17) is 0 Å². The minimum Gasteiger partial charge on any atom is -0.748 e. The Morgan fingerprint density at radius 3 is 1.73 bits per heavy atom. The van der Waals surface area contributed by atoms with Gasteiger partial charge in [0.05, 0.1) is 21.1 Å². The van der Waals surface area contributed by atoms with Crippen LogP contribution in [0.2, 0.25) is 0 Å². The van der Waals surface area contributed by atoms with Crippen LogP contribution in [0.25, 0.3) is 0 Å². The van der Waals surface area contributed by atoms with Crippen LogP contribution in [0.5, 0.6) is 0 Å². The van der Waals surface area contributed by atoms with Gasteiger partial charge < -0.3 is 4.55 Å². The molecule has 0 bridgehead atoms. The van der Waals surface area contributed by atoms with Crippen molar-refractivity contribution in [2.75, 3.05) is 12.0 Å². The van der Waals surface area contributed by atoms with E-state index in [2.05, 4.69) is 0 Å². The van der Waals surface area contributed by atoms with Crippen molar-refractivity contribution in [2.45, 2.75) is 12.2 Å². The fraction of sp³-hybridized carbons (Fsp3) is 1.00. The maximum Gasteiger partial charge on any atom is 0.150 e. The summed E-state index contributed by atoms with van der Waals surface area (Å²) in [5, 5.41) is -1.12. The molecule has 0 aliphatic rings. The highest BCUT2D eigenvalue weighted by Crippen LogP contribution is 2.00. The highest BCUT2D eigenvalue weighted by Gasteiger charge is 2.17. The highest BCUT2D eigenvalue weighted by molar-refractivity contribution is 7.93. The predicted octanol–water partition coefficient (Wildman–Crippen LogP) is -1.04. The molecule has 5 nitrogen and oxygen atoms in total. The Hall–Kier alpha value is -0.140. The molecule has 0 radical (unpaired) electrons. The van der Waals surface area contributed by atoms with Gasteiger partial charge in [-0.15, -0.1) is 0 Å². The summed E-state index contributed by atoms with van der Waals surface area (Å²) in [7, 11) is -7.85. The number of hydrogen-bond acceptors (Lipinski definition) is 5. The Kier molecular flexibility index (Phi) is 3.04. The van der Waals surface area contributed by atoms with E-state index in [1.54, 1.807) is 0 Å². The Labute approximate surface area is 66.1 Å². The lowest BCUT2D eigenvalue weighted by Gasteiger charge is -2.11. The van der Waals surface area contributed by atoms with E-state index in [0.29, 0.717) is 0 Å². The normalized spacial score (nSPS) is 16.3. The second-order valence-corrected chi connectivity index (χ2v) is 6.28. The minimum atomic E-state index is -4.44. The maximum atomic E-state index is 10.6. The largest absolute Gasteiger partial charge is 0.748 e. The fourth-order valence-electron chi connectivity index (χ4n) is 0.411. The van der Waals surface area contributed by atoms with Crippen molar-refractivity contribution in [3.05, 3.63) is 0 Å². The molecule has 7 heteroatoms. The zero-order valence-corrected chi connectivity index (χ0v) is 7.78. The summed E-state index contributed by atoms with van der Waals surface area (Å²) in [6, 6.07) is 0. The van der Waals surface area contributed by atoms with Crippen molar-refractivity contribution in [1.82, 2.24) is 0 Å². The fourth-order valence-corrected chi connectivity index (χ4v) is 2.47. The molecule has 0 aromatic rings. The molecule has 11 heavy (non-hydrogen) atoms. The first-order valence-electron chi connectivity index (χ1n) is 2.75. The summed E-state index contributed by atoms with van der Waals surface area (Å²) in [5.74, 6) is -0.855. The van der Waals surface area contributed by atoms with Crippen molar-refractivity contribution in [2.24, 2.45) is 0 Å². The molecule has 0 rings (SSSR count). The van der Waals surface area contributed by atoms with E-state index in [1.165, 1.54) is 6.92 Å². The average molecular weight is 201 g/mol. The lowest BCUT2D eigenvalue weighted by Crippen LogP contribution is -2.25. The van der Waals surface area contributed by atoms with E-state index in [1.807, 2.05) is 0 Å². The van der Waals surface area contributed by atoms with Gasteiger partial charge in [-0.05, 0) is 6.92 Å². The monoisotopic (exact) mass is 201 g/mol. The first kappa shape index (κ1) is 10.9. The van der Waals surface area contributed by atoms with E-state index < -0.39 is 31.0 Å². The lowest BCUT2D eigenvalue weighted by molar-refractivity contribution is 0.461. The molecule has 0 N–H and O–H groups in total. The van der Waals surface area contributed by atoms with Crippen LogP contribution in [0.4, 0.5) is 0 Å². The van der Waals surface area contributed by atoms with Crippen LogP contribution in [0.1, 0.15) is 6.92 Å². The third-order valence-corrected chi connectivity index (χ3v) is 3.92. The van der Waals surface area contributed by atoms with Crippen LogP contribution in [0.15, 0.2) is 0 Å². The maximum absolute atomic E-state index is 10.6. The smallest absolute Gasteiger partial charge is 0.150 e. The summed E-state index contributed by atoms with van der Waals surface area (Å²) >= 11 is 0. The molecule has 0 aromatic heterocycles. The van der Waals surface area contributed by atoms with Gasteiger partial charge in [-0.1, -0.05) is 0 Å². The molecule has 0 aromatic carbocycles. The van der Waals surface area contributed by atoms with E-state index in [-0.39, 0.29) is 0 Å². The van der Waals surface area contributed by atoms with Gasteiger partial charge in [-0.3, -0.25) is 0 Å². The van der Waals surface area contributed by atoms with Crippen LogP contribution in [-0.4, -0.2) is 38.6 Å². The highest BCUT2D eigenvalue weighted by atomic mass is 32.2. The standard InChI is InChI=1S/C4H10O5S2/c1-4(10(2,5)6)3-11(7,8)9/h4H,3H2,1-2H3,(H,7,8,9)/p-1. The van der Waals surface area contributed by atoms with Crippen molar-refractivity contribution < 1.29 is 21.4 Å². The Morgan fingerprint density at radius 1 is 1.27 bits per heavy atom. The molecule has 0 fully saturated rings. The lowest BCUT2D eigenvalue weighted by atomic mass is 10.6. The molecule has 1 unspecified atom stereocenters. The van der Waals surface area contributed by atoms with Crippen LogP contribution in [0, 0.1) is 0 Å². The van der Waals surface area contributed by atoms with E-state index in [0.717, 1.165) is 6.26 Å². The van der Waals surface area contributed by atoms with Crippen molar-refractivity contribution in [1.29, 1.82) is 0 Å². The van der Waals surface area contributed by atoms with Crippen LogP contribution in [0.3, 0.4) is 0 Å². The molecule has 0 heterocycles. The second kappa shape index (κ2) is 3.08. The zero-order chi connectivity index (χ0) is 9.28. The van der Waals surface area contributed by atoms with Crippen LogP contribution >= 0.6 is 0 Å². The van der Waals surface area contributed by atoms with Crippen molar-refractivity contribution in [3.63, 3.8) is 0 Å². The summed E-state index contributed by atoms with van der Waals surface area (Å²) in [5.41, 5.74) is 0. The number of sulfone groups is 1. The van der Waals surface area contributed by atoms with Gasteiger partial charge in [0.2, 0.25) is 0 Å². The minimum absolute atomic E-state index is 0.855. The molecular weight excluding hydrogens is 192 g/mol. The Morgan fingerprint density at radius 2 is 1.64 bits per heavy atom. The molecule has 0 aliphatic carbocycles. The number of rotatable bonds is 3. The molecule has 0 saturated heterocycles. The Balaban J connectivity index is 4.47. The van der Waals surface area contributed by atoms with Gasteiger partial charge in [-0.2, -0.15) is 0 Å². The number of hydrogen-bond donors (Lipinski definition) is 0. The predicted molar refractivity (Wildman–Crippen MR) is 38.9 cm³/mol. The first-order chi connectivity index (χ1) is 4.63. The molecule has 0 amide bonds. The van der Waals surface area contributed by atoms with Gasteiger partial charge in [0, 0.05) is 6.26 Å². The van der Waals surface area contributed by atoms with Crippen LogP contribution in [-0.2, 0) is 20.0 Å². The van der Waals surface area contributed by atoms with Crippen LogP contribution < -0.4 is 0 Å². The molecule has 0 aliphatic heterocycles. The molecule has 68 valence electrons. The average Bonchev–Trinajstić information content (AvgIpc) is 1.56. The summed E-state index contributed by atoms with van der Waals surface area (Å²) in [4.78, 5) is 0. The van der Waals surface area contributed by atoms with Gasteiger partial charge in [0.25, 0.3) is 0 Å². The zero-order valence-electron chi connectivity index (χ0n) is 6.14. The quantitative estimate of drug-likeness (QED) is 0.544. The third kappa shape index (κ3) is 5.16. The summed E-state index contributed by atoms with van der Waals surface area (Å²) in [6.07, 6.45) is 0.892. The Bertz CT molecular complexity index is 310. The van der Waals surface area contributed by atoms with Crippen molar-refractivity contribution >= 4 is 20.0 Å². The molecule has 0 saturated carbocycles. The van der Waals surface area contributed by atoms with Gasteiger partial charge in [-0.25, -0.2) is 16.8 Å². The molecule has 0 spiro atoms. The molecule has 1 atom stereocenters. The van der Waals surface area contributed by atoms with Gasteiger partial charge in [0.15, 0.2) is 9.84 Å².